The quantitative estimate of drug-likeness (QED) is 0.545. The van der Waals surface area contributed by atoms with Crippen molar-refractivity contribution in [2.45, 2.75) is 32.0 Å². The number of guanidine groups is 1. The molecule has 1 fully saturated rings. The molecule has 2 N–H and O–H groups in total. The van der Waals surface area contributed by atoms with Crippen LogP contribution in [0.15, 0.2) is 59.6 Å². The minimum Gasteiger partial charge on any atom is -0.380 e. The van der Waals surface area contributed by atoms with Crippen LogP contribution in [0.5, 0.6) is 0 Å². The van der Waals surface area contributed by atoms with Gasteiger partial charge < -0.3 is 15.4 Å². The summed E-state index contributed by atoms with van der Waals surface area (Å²) in [7, 11) is 3.55. The van der Waals surface area contributed by atoms with Crippen molar-refractivity contribution < 1.29 is 4.74 Å². The van der Waals surface area contributed by atoms with Crippen molar-refractivity contribution in [2.75, 3.05) is 33.8 Å². The van der Waals surface area contributed by atoms with Gasteiger partial charge in [0.2, 0.25) is 0 Å². The van der Waals surface area contributed by atoms with Crippen LogP contribution in [-0.2, 0) is 17.9 Å². The zero-order chi connectivity index (χ0) is 19.6. The zero-order valence-corrected chi connectivity index (χ0v) is 17.0. The van der Waals surface area contributed by atoms with E-state index < -0.39 is 0 Å². The lowest BCUT2D eigenvalue weighted by Gasteiger charge is -2.29. The van der Waals surface area contributed by atoms with Crippen molar-refractivity contribution in [3.05, 3.63) is 71.3 Å². The highest BCUT2D eigenvalue weighted by atomic mass is 16.5. The lowest BCUT2D eigenvalue weighted by Crippen LogP contribution is -2.42. The van der Waals surface area contributed by atoms with E-state index in [4.69, 9.17) is 4.74 Å². The first-order chi connectivity index (χ1) is 13.8. The van der Waals surface area contributed by atoms with Crippen LogP contribution in [0.4, 0.5) is 0 Å². The number of methoxy groups -OCH3 is 1. The SMILES string of the molecule is CN=C(NCc1cccc(COC)c1)NCC(c1ccccc1)N1CCCC1. The molecule has 1 unspecified atom stereocenters. The molecule has 5 heteroatoms. The van der Waals surface area contributed by atoms with E-state index >= 15 is 0 Å². The third-order valence-electron chi connectivity index (χ3n) is 5.21. The fourth-order valence-electron chi connectivity index (χ4n) is 3.78. The normalized spacial score (nSPS) is 16.1. The van der Waals surface area contributed by atoms with Gasteiger partial charge in [0, 0.05) is 27.2 Å². The molecule has 0 saturated carbocycles. The Kier molecular flexibility index (Phi) is 7.88. The molecule has 1 aliphatic heterocycles. The van der Waals surface area contributed by atoms with Gasteiger partial charge in [-0.1, -0.05) is 54.6 Å². The van der Waals surface area contributed by atoms with Gasteiger partial charge in [-0.25, -0.2) is 0 Å². The van der Waals surface area contributed by atoms with Crippen LogP contribution in [0.2, 0.25) is 0 Å². The van der Waals surface area contributed by atoms with Crippen LogP contribution in [0.3, 0.4) is 0 Å². The predicted octanol–water partition coefficient (Wildman–Crippen LogP) is 3.34. The van der Waals surface area contributed by atoms with E-state index in [-0.39, 0.29) is 0 Å². The number of likely N-dealkylation sites (tertiary alicyclic amines) is 1. The first-order valence-electron chi connectivity index (χ1n) is 10.1. The standard InChI is InChI=1S/C23H32N4O/c1-24-23(25-16-19-9-8-10-20(15-19)18-28-2)26-17-22(27-13-6-7-14-27)21-11-4-3-5-12-21/h3-5,8-12,15,22H,6-7,13-14,16-18H2,1-2H3,(H2,24,25,26). The largest absolute Gasteiger partial charge is 0.380 e. The maximum Gasteiger partial charge on any atom is 0.191 e. The molecule has 0 aliphatic carbocycles. The Balaban J connectivity index is 1.58. The summed E-state index contributed by atoms with van der Waals surface area (Å²) in [5.41, 5.74) is 3.76. The lowest BCUT2D eigenvalue weighted by atomic mass is 10.1. The average molecular weight is 381 g/mol. The van der Waals surface area contributed by atoms with Gasteiger partial charge in [-0.2, -0.15) is 0 Å². The Morgan fingerprint density at radius 1 is 1.04 bits per heavy atom. The lowest BCUT2D eigenvalue weighted by molar-refractivity contribution is 0.185. The minimum atomic E-state index is 0.368. The molecule has 1 aliphatic rings. The van der Waals surface area contributed by atoms with Crippen molar-refractivity contribution in [3.63, 3.8) is 0 Å². The van der Waals surface area contributed by atoms with Crippen molar-refractivity contribution in [1.29, 1.82) is 0 Å². The fraction of sp³-hybridized carbons (Fsp3) is 0.435. The first kappa shape index (κ1) is 20.4. The maximum absolute atomic E-state index is 5.22. The summed E-state index contributed by atoms with van der Waals surface area (Å²) in [4.78, 5) is 6.98. The number of ether oxygens (including phenoxy) is 1. The Morgan fingerprint density at radius 2 is 1.79 bits per heavy atom. The summed E-state index contributed by atoms with van der Waals surface area (Å²) in [6, 6.07) is 19.6. The Hall–Kier alpha value is -2.37. The molecule has 0 radical (unpaired) electrons. The Labute approximate surface area is 168 Å². The summed E-state index contributed by atoms with van der Waals surface area (Å²) in [6.45, 7) is 4.54. The van der Waals surface area contributed by atoms with E-state index in [1.54, 1.807) is 7.11 Å². The predicted molar refractivity (Wildman–Crippen MR) is 115 cm³/mol. The molecule has 2 aromatic rings. The summed E-state index contributed by atoms with van der Waals surface area (Å²) < 4.78 is 5.22. The summed E-state index contributed by atoms with van der Waals surface area (Å²) >= 11 is 0. The van der Waals surface area contributed by atoms with Gasteiger partial charge in [0.25, 0.3) is 0 Å². The van der Waals surface area contributed by atoms with E-state index in [0.29, 0.717) is 12.6 Å². The number of rotatable bonds is 8. The molecule has 0 bridgehead atoms. The van der Waals surface area contributed by atoms with Crippen LogP contribution in [-0.4, -0.2) is 44.7 Å². The monoisotopic (exact) mass is 380 g/mol. The van der Waals surface area contributed by atoms with Gasteiger partial charge >= 0.3 is 0 Å². The third-order valence-corrected chi connectivity index (χ3v) is 5.21. The van der Waals surface area contributed by atoms with Gasteiger partial charge in [-0.15, -0.1) is 0 Å². The molecule has 28 heavy (non-hydrogen) atoms. The van der Waals surface area contributed by atoms with E-state index in [9.17, 15) is 0 Å². The van der Waals surface area contributed by atoms with Gasteiger partial charge in [0.1, 0.15) is 0 Å². The second-order valence-corrected chi connectivity index (χ2v) is 7.23. The van der Waals surface area contributed by atoms with E-state index in [1.807, 2.05) is 7.05 Å². The molecule has 1 atom stereocenters. The van der Waals surface area contributed by atoms with Crippen molar-refractivity contribution in [1.82, 2.24) is 15.5 Å². The van der Waals surface area contributed by atoms with E-state index in [1.165, 1.54) is 42.6 Å². The number of hydrogen-bond acceptors (Lipinski definition) is 3. The second-order valence-electron chi connectivity index (χ2n) is 7.23. The molecule has 0 amide bonds. The number of nitrogens with one attached hydrogen (secondary N) is 2. The molecule has 5 nitrogen and oxygen atoms in total. The smallest absolute Gasteiger partial charge is 0.191 e. The molecule has 0 spiro atoms. The second kappa shape index (κ2) is 10.8. The molecular formula is C23H32N4O. The first-order valence-corrected chi connectivity index (χ1v) is 10.1. The van der Waals surface area contributed by atoms with Gasteiger partial charge in [-0.05, 0) is 42.6 Å². The molecule has 150 valence electrons. The van der Waals surface area contributed by atoms with Crippen LogP contribution in [0, 0.1) is 0 Å². The number of benzene rings is 2. The third kappa shape index (κ3) is 5.81. The summed E-state index contributed by atoms with van der Waals surface area (Å²) in [5.74, 6) is 0.831. The van der Waals surface area contributed by atoms with E-state index in [0.717, 1.165) is 19.0 Å². The Morgan fingerprint density at radius 3 is 2.50 bits per heavy atom. The molecule has 2 aromatic carbocycles. The van der Waals surface area contributed by atoms with Gasteiger partial charge in [0.05, 0.1) is 12.6 Å². The van der Waals surface area contributed by atoms with Crippen LogP contribution >= 0.6 is 0 Å². The summed E-state index contributed by atoms with van der Waals surface area (Å²) in [5, 5.41) is 6.96. The zero-order valence-electron chi connectivity index (χ0n) is 17.0. The molecule has 0 aromatic heterocycles. The molecule has 1 saturated heterocycles. The van der Waals surface area contributed by atoms with Crippen molar-refractivity contribution in [3.8, 4) is 0 Å². The van der Waals surface area contributed by atoms with Gasteiger partial charge in [0.15, 0.2) is 5.96 Å². The summed E-state index contributed by atoms with van der Waals surface area (Å²) in [6.07, 6.45) is 2.57. The highest BCUT2D eigenvalue weighted by molar-refractivity contribution is 5.79. The van der Waals surface area contributed by atoms with Gasteiger partial charge in [-0.3, -0.25) is 9.89 Å². The minimum absolute atomic E-state index is 0.368. The fourth-order valence-corrected chi connectivity index (χ4v) is 3.78. The number of aliphatic imine (C=N–C) groups is 1. The highest BCUT2D eigenvalue weighted by Gasteiger charge is 2.23. The molecule has 1 heterocycles. The van der Waals surface area contributed by atoms with Crippen LogP contribution < -0.4 is 10.6 Å². The Bertz CT molecular complexity index is 741. The highest BCUT2D eigenvalue weighted by Crippen LogP contribution is 2.24. The number of nitrogens with zero attached hydrogens (tertiary/aromatic N) is 2. The van der Waals surface area contributed by atoms with E-state index in [2.05, 4.69) is 75.1 Å². The van der Waals surface area contributed by atoms with Crippen molar-refractivity contribution in [2.24, 2.45) is 4.99 Å². The molecular weight excluding hydrogens is 348 g/mol. The average Bonchev–Trinajstić information content (AvgIpc) is 3.26. The topological polar surface area (TPSA) is 48.9 Å². The molecule has 3 rings (SSSR count). The van der Waals surface area contributed by atoms with Crippen LogP contribution in [0.25, 0.3) is 0 Å². The maximum atomic E-state index is 5.22. The number of hydrogen-bond donors (Lipinski definition) is 2. The van der Waals surface area contributed by atoms with Crippen molar-refractivity contribution >= 4 is 5.96 Å². The van der Waals surface area contributed by atoms with Crippen LogP contribution in [0.1, 0.15) is 35.6 Å².